The number of phenolic OH excluding ortho intramolecular Hbond substituents is 1. The van der Waals surface area contributed by atoms with Crippen LogP contribution in [0.15, 0.2) is 114 Å². The summed E-state index contributed by atoms with van der Waals surface area (Å²) in [5.41, 5.74) is 10.2. The van der Waals surface area contributed by atoms with E-state index >= 15 is 0 Å². The van der Waals surface area contributed by atoms with Crippen LogP contribution in [-0.2, 0) is 27.7 Å². The standard InChI is InChI=1S/C46H58N6O5Si/c1-45(2,3)58(4,5)57-40(37-19-21-39(53)42-38(37)20-22-41(54)51-42)30-48-28-32-13-12-14-33(27-32)29-50-44(56)49-24-26-52-25-23-36(31-52)46(43(47)55,34-15-8-6-9-16-34)35-17-10-7-11-18-35/h6-22,27,36,40,48,53H,23-26,28-31H2,1-5H3,(H2,47,55)(H,51,54)(H2,49,50,56)/t36-,40-/m1/s1. The van der Waals surface area contributed by atoms with Crippen LogP contribution in [0.25, 0.3) is 10.9 Å². The fourth-order valence-corrected chi connectivity index (χ4v) is 9.25. The SMILES string of the molecule is CC(C)(C)[Si](C)(C)O[C@H](CNCc1cccc(CNC(=O)NCCN2CC[C@@H](C(C(N)=O)(c3ccccc3)c3ccccc3)C2)c1)c1ccc(O)c2[nH]c(=O)ccc12. The summed E-state index contributed by atoms with van der Waals surface area (Å²) in [7, 11) is -2.22. The Morgan fingerprint density at radius 1 is 0.897 bits per heavy atom. The molecule has 7 N–H and O–H groups in total. The highest BCUT2D eigenvalue weighted by Crippen LogP contribution is 2.44. The predicted molar refractivity (Wildman–Crippen MR) is 233 cm³/mol. The minimum atomic E-state index is -2.22. The Bertz CT molecular complexity index is 2200. The number of hydrogen-bond donors (Lipinski definition) is 6. The van der Waals surface area contributed by atoms with Crippen molar-refractivity contribution in [3.8, 4) is 5.75 Å². The van der Waals surface area contributed by atoms with Gasteiger partial charge in [0, 0.05) is 50.7 Å². The van der Waals surface area contributed by atoms with Crippen LogP contribution >= 0.6 is 0 Å². The number of rotatable bonds is 16. The number of aromatic amines is 1. The van der Waals surface area contributed by atoms with Crippen molar-refractivity contribution >= 4 is 31.2 Å². The monoisotopic (exact) mass is 802 g/mol. The molecule has 0 radical (unpaired) electrons. The number of carbonyl (C=O) groups is 2. The van der Waals surface area contributed by atoms with Crippen LogP contribution in [0.1, 0.15) is 61.1 Å². The molecule has 2 heterocycles. The van der Waals surface area contributed by atoms with E-state index in [4.69, 9.17) is 10.2 Å². The van der Waals surface area contributed by atoms with E-state index in [1.165, 1.54) is 6.07 Å². The van der Waals surface area contributed by atoms with Crippen LogP contribution in [-0.4, -0.2) is 68.0 Å². The van der Waals surface area contributed by atoms with E-state index in [1.807, 2.05) is 84.9 Å². The second-order valence-electron chi connectivity index (χ2n) is 16.9. The average molecular weight is 803 g/mol. The van der Waals surface area contributed by atoms with E-state index in [0.29, 0.717) is 44.8 Å². The minimum Gasteiger partial charge on any atom is -0.506 e. The van der Waals surface area contributed by atoms with Crippen molar-refractivity contribution in [2.24, 2.45) is 11.7 Å². The molecule has 4 aromatic carbocycles. The minimum absolute atomic E-state index is 0.0134. The lowest BCUT2D eigenvalue weighted by Gasteiger charge is -2.39. The highest BCUT2D eigenvalue weighted by Gasteiger charge is 2.49. The number of fused-ring (bicyclic) bond motifs is 1. The summed E-state index contributed by atoms with van der Waals surface area (Å²) in [6.07, 6.45) is 0.484. The molecule has 2 atom stereocenters. The highest BCUT2D eigenvalue weighted by molar-refractivity contribution is 6.74. The summed E-state index contributed by atoms with van der Waals surface area (Å²) < 4.78 is 6.95. The average Bonchev–Trinajstić information content (AvgIpc) is 3.66. The third kappa shape index (κ3) is 9.53. The molecular weight excluding hydrogens is 745 g/mol. The summed E-state index contributed by atoms with van der Waals surface area (Å²) >= 11 is 0. The van der Waals surface area contributed by atoms with Crippen LogP contribution in [0, 0.1) is 5.92 Å². The van der Waals surface area contributed by atoms with Crippen LogP contribution in [0.4, 0.5) is 4.79 Å². The zero-order chi connectivity index (χ0) is 41.5. The summed E-state index contributed by atoms with van der Waals surface area (Å²) in [5.74, 6) is -0.345. The van der Waals surface area contributed by atoms with Crippen LogP contribution in [0.5, 0.6) is 5.75 Å². The van der Waals surface area contributed by atoms with Gasteiger partial charge in [-0.3, -0.25) is 9.59 Å². The Morgan fingerprint density at radius 2 is 1.55 bits per heavy atom. The molecule has 306 valence electrons. The van der Waals surface area contributed by atoms with Gasteiger partial charge in [0.25, 0.3) is 0 Å². The van der Waals surface area contributed by atoms with E-state index in [0.717, 1.165) is 46.2 Å². The van der Waals surface area contributed by atoms with Crippen molar-refractivity contribution in [2.45, 2.75) is 69.9 Å². The van der Waals surface area contributed by atoms with Crippen molar-refractivity contribution < 1.29 is 19.1 Å². The first-order valence-electron chi connectivity index (χ1n) is 20.2. The van der Waals surface area contributed by atoms with Crippen LogP contribution in [0.3, 0.4) is 0 Å². The first-order valence-corrected chi connectivity index (χ1v) is 23.1. The molecule has 0 spiro atoms. The van der Waals surface area contributed by atoms with Gasteiger partial charge in [0.05, 0.1) is 11.6 Å². The quantitative estimate of drug-likeness (QED) is 0.0607. The molecule has 6 rings (SSSR count). The normalized spacial score (nSPS) is 15.6. The van der Waals surface area contributed by atoms with E-state index < -0.39 is 13.7 Å². The summed E-state index contributed by atoms with van der Waals surface area (Å²) in [5, 5.41) is 20.8. The van der Waals surface area contributed by atoms with Crippen molar-refractivity contribution in [3.05, 3.63) is 147 Å². The molecule has 0 aliphatic carbocycles. The number of primary amides is 1. The first kappa shape index (κ1) is 42.3. The molecule has 0 bridgehead atoms. The Labute approximate surface area is 342 Å². The highest BCUT2D eigenvalue weighted by atomic mass is 28.4. The van der Waals surface area contributed by atoms with Crippen molar-refractivity contribution in [1.29, 1.82) is 0 Å². The maximum Gasteiger partial charge on any atom is 0.315 e. The third-order valence-electron chi connectivity index (χ3n) is 12.0. The topological polar surface area (TPSA) is 162 Å². The van der Waals surface area contributed by atoms with Gasteiger partial charge in [-0.05, 0) is 77.0 Å². The molecule has 1 aromatic heterocycles. The largest absolute Gasteiger partial charge is 0.506 e. The zero-order valence-corrected chi connectivity index (χ0v) is 35.3. The number of pyridine rings is 1. The number of aromatic hydroxyl groups is 1. The van der Waals surface area contributed by atoms with Gasteiger partial charge in [0.1, 0.15) is 11.2 Å². The fraction of sp³-hybridized carbons (Fsp3) is 0.370. The Balaban J connectivity index is 1.02. The number of phenols is 1. The Kier molecular flexibility index (Phi) is 13.2. The van der Waals surface area contributed by atoms with Crippen molar-refractivity contribution in [3.63, 3.8) is 0 Å². The van der Waals surface area contributed by atoms with E-state index in [2.05, 4.69) is 65.8 Å². The molecule has 1 aliphatic rings. The molecule has 1 aliphatic heterocycles. The number of urea groups is 1. The summed E-state index contributed by atoms with van der Waals surface area (Å²) in [6, 6.07) is 34.2. The number of carbonyl (C=O) groups excluding carboxylic acids is 2. The van der Waals surface area contributed by atoms with Gasteiger partial charge in [-0.1, -0.05) is 112 Å². The third-order valence-corrected chi connectivity index (χ3v) is 16.5. The molecule has 5 aromatic rings. The van der Waals surface area contributed by atoms with E-state index in [1.54, 1.807) is 12.1 Å². The molecule has 3 amide bonds. The van der Waals surface area contributed by atoms with Gasteiger partial charge in [-0.15, -0.1) is 0 Å². The number of benzene rings is 4. The summed E-state index contributed by atoms with van der Waals surface area (Å²) in [4.78, 5) is 43.5. The van der Waals surface area contributed by atoms with Crippen molar-refractivity contribution in [1.82, 2.24) is 25.8 Å². The second kappa shape index (κ2) is 18.1. The first-order chi connectivity index (χ1) is 27.7. The van der Waals surface area contributed by atoms with Gasteiger partial charge in [-0.25, -0.2) is 4.79 Å². The van der Waals surface area contributed by atoms with Gasteiger partial charge in [0.15, 0.2) is 8.32 Å². The lowest BCUT2D eigenvalue weighted by molar-refractivity contribution is -0.123. The lowest BCUT2D eigenvalue weighted by atomic mass is 9.64. The van der Waals surface area contributed by atoms with Gasteiger partial charge in [-0.2, -0.15) is 0 Å². The molecule has 12 heteroatoms. The smallest absolute Gasteiger partial charge is 0.315 e. The molecule has 0 saturated carbocycles. The molecule has 58 heavy (non-hydrogen) atoms. The number of nitrogens with two attached hydrogens (primary N) is 1. The number of nitrogens with one attached hydrogen (secondary N) is 4. The molecule has 0 unspecified atom stereocenters. The molecule has 11 nitrogen and oxygen atoms in total. The molecule has 1 saturated heterocycles. The Hall–Kier alpha value is -5.27. The lowest BCUT2D eigenvalue weighted by Crippen LogP contribution is -2.49. The Morgan fingerprint density at radius 3 is 2.19 bits per heavy atom. The van der Waals surface area contributed by atoms with Gasteiger partial charge in [0.2, 0.25) is 11.5 Å². The van der Waals surface area contributed by atoms with Gasteiger partial charge >= 0.3 is 6.03 Å². The van der Waals surface area contributed by atoms with Crippen molar-refractivity contribution in [2.75, 3.05) is 32.7 Å². The van der Waals surface area contributed by atoms with E-state index in [-0.39, 0.29) is 40.3 Å². The zero-order valence-electron chi connectivity index (χ0n) is 34.3. The molecule has 1 fully saturated rings. The number of aromatic nitrogens is 1. The molecular formula is C46H58N6O5Si. The maximum absolute atomic E-state index is 13.4. The second-order valence-corrected chi connectivity index (χ2v) is 21.7. The van der Waals surface area contributed by atoms with Crippen LogP contribution < -0.4 is 27.2 Å². The number of nitrogens with zero attached hydrogens (tertiary/aromatic N) is 1. The number of amides is 3. The fourth-order valence-electron chi connectivity index (χ4n) is 7.97. The number of H-pyrrole nitrogens is 1. The number of hydrogen-bond acceptors (Lipinski definition) is 7. The number of likely N-dealkylation sites (tertiary alicyclic amines) is 1. The predicted octanol–water partition coefficient (Wildman–Crippen LogP) is 6.68. The van der Waals surface area contributed by atoms with Gasteiger partial charge < -0.3 is 41.1 Å². The maximum atomic E-state index is 13.4. The van der Waals surface area contributed by atoms with E-state index in [9.17, 15) is 19.5 Å². The summed E-state index contributed by atoms with van der Waals surface area (Å²) in [6.45, 7) is 15.1. The van der Waals surface area contributed by atoms with Crippen LogP contribution in [0.2, 0.25) is 18.1 Å².